The highest BCUT2D eigenvalue weighted by Gasteiger charge is 2.72. The number of allylic oxidation sites excluding steroid dienone is 3. The van der Waals surface area contributed by atoms with Crippen LogP contribution in [0.2, 0.25) is 0 Å². The number of ketones is 1. The van der Waals surface area contributed by atoms with Crippen LogP contribution < -0.4 is 0 Å². The monoisotopic (exact) mass is 694 g/mol. The molecule has 1 N–H and O–H groups in total. The number of carbonyl (C=O) groups excluding carboxylic acids is 1. The Morgan fingerprint density at radius 3 is 2.26 bits per heavy atom. The highest BCUT2D eigenvalue weighted by Crippen LogP contribution is 2.75. The van der Waals surface area contributed by atoms with Gasteiger partial charge in [-0.2, -0.15) is 4.80 Å². The summed E-state index contributed by atoms with van der Waals surface area (Å²) in [6.45, 7) is 32.5. The molecule has 0 spiro atoms. The van der Waals surface area contributed by atoms with Crippen LogP contribution in [0.15, 0.2) is 30.3 Å². The van der Waals surface area contributed by atoms with Crippen molar-refractivity contribution in [2.75, 3.05) is 20.7 Å². The van der Waals surface area contributed by atoms with Gasteiger partial charge >= 0.3 is 0 Å². The van der Waals surface area contributed by atoms with Crippen molar-refractivity contribution in [1.82, 2.24) is 25.1 Å². The molecule has 0 saturated heterocycles. The van der Waals surface area contributed by atoms with Crippen molar-refractivity contribution in [2.45, 2.75) is 146 Å². The van der Waals surface area contributed by atoms with Crippen molar-refractivity contribution in [3.8, 4) is 0 Å². The Hall–Kier alpha value is -2.06. The van der Waals surface area contributed by atoms with Gasteiger partial charge in [0.2, 0.25) is 0 Å². The maximum absolute atomic E-state index is 15.2. The number of likely N-dealkylation sites (N-methyl/N-ethyl adjacent to an activating group) is 1. The van der Waals surface area contributed by atoms with Crippen molar-refractivity contribution in [1.29, 1.82) is 0 Å². The van der Waals surface area contributed by atoms with Crippen LogP contribution in [0.25, 0.3) is 0 Å². The van der Waals surface area contributed by atoms with Gasteiger partial charge in [0.05, 0.1) is 18.5 Å². The third-order valence-corrected chi connectivity index (χ3v) is 17.2. The van der Waals surface area contributed by atoms with Gasteiger partial charge in [-0.25, -0.2) is 0 Å². The molecule has 50 heavy (non-hydrogen) atoms. The van der Waals surface area contributed by atoms with Crippen molar-refractivity contribution in [2.24, 2.45) is 62.6 Å². The molecule has 0 radical (unpaired) electrons. The fourth-order valence-electron chi connectivity index (χ4n) is 12.6. The van der Waals surface area contributed by atoms with Gasteiger partial charge in [-0.15, -0.1) is 10.2 Å². The molecule has 0 amide bonds. The fraction of sp³-hybridized carbons (Fsp3) is 0.857. The average Bonchev–Trinajstić information content (AvgIpc) is 3.60. The Balaban J connectivity index is 1.66. The van der Waals surface area contributed by atoms with E-state index in [1.165, 1.54) is 5.57 Å². The average molecular weight is 694 g/mol. The number of nitrogens with zero attached hydrogens (tertiary/aromatic N) is 5. The highest BCUT2D eigenvalue weighted by atomic mass is 16.5. The Bertz CT molecular complexity index is 1440. The fourth-order valence-corrected chi connectivity index (χ4v) is 12.6. The number of hydrogen-bond acceptors (Lipinski definition) is 7. The van der Waals surface area contributed by atoms with Crippen LogP contribution in [-0.2, 0) is 9.53 Å². The van der Waals surface area contributed by atoms with E-state index in [1.807, 2.05) is 4.80 Å². The molecule has 1 heterocycles. The minimum Gasteiger partial charge on any atom is -0.513 e. The predicted molar refractivity (Wildman–Crippen MR) is 201 cm³/mol. The molecule has 1 aromatic heterocycles. The molecule has 0 bridgehead atoms. The van der Waals surface area contributed by atoms with Gasteiger partial charge in [0.25, 0.3) is 0 Å². The summed E-state index contributed by atoms with van der Waals surface area (Å²) < 4.78 is 7.24. The molecule has 4 aliphatic rings. The first-order chi connectivity index (χ1) is 23.2. The Morgan fingerprint density at radius 1 is 1.10 bits per heavy atom. The molecule has 8 heteroatoms. The molecule has 8 nitrogen and oxygen atoms in total. The van der Waals surface area contributed by atoms with Gasteiger partial charge in [0, 0.05) is 16.9 Å². The Labute approximate surface area is 304 Å². The van der Waals surface area contributed by atoms with Crippen LogP contribution in [0.4, 0.5) is 0 Å². The van der Waals surface area contributed by atoms with E-state index < -0.39 is 5.41 Å². The first kappa shape index (κ1) is 39.2. The minimum atomic E-state index is -0.750. The van der Waals surface area contributed by atoms with Crippen LogP contribution in [0.3, 0.4) is 0 Å². The SMILES string of the molecule is C=C(O)[C@@H]1[C@@](C)([C@H](C)C(C)C)CC[C@]2(C)[C@H]3CC[C@H]4C(C)(CC)[C@@H](OCC(C)(C(C)C)N(C)C)[C@H](n5ncnn5)C[C@]4(CC)C3=CC(=O)[C@@]12C. The van der Waals surface area contributed by atoms with Gasteiger partial charge in [0.1, 0.15) is 6.04 Å². The Kier molecular flexibility index (Phi) is 10.3. The summed E-state index contributed by atoms with van der Waals surface area (Å²) >= 11 is 0. The zero-order chi connectivity index (χ0) is 37.4. The van der Waals surface area contributed by atoms with E-state index in [1.54, 1.807) is 6.33 Å². The lowest BCUT2D eigenvalue weighted by Gasteiger charge is -2.70. The number of aliphatic hydroxyl groups is 1. The number of tetrazole rings is 1. The molecule has 1 aromatic rings. The van der Waals surface area contributed by atoms with Gasteiger partial charge in [-0.05, 0) is 129 Å². The number of aliphatic hydroxyl groups excluding tert-OH is 1. The zero-order valence-electron chi connectivity index (χ0n) is 34.1. The largest absolute Gasteiger partial charge is 0.513 e. The summed E-state index contributed by atoms with van der Waals surface area (Å²) in [5.41, 5.74) is -0.493. The molecule has 5 rings (SSSR count). The number of aromatic nitrogens is 4. The quantitative estimate of drug-likeness (QED) is 0.231. The maximum atomic E-state index is 15.2. The molecule has 0 aromatic carbocycles. The lowest BCUT2D eigenvalue weighted by Crippen LogP contribution is -2.67. The van der Waals surface area contributed by atoms with Crippen LogP contribution in [0, 0.1) is 62.6 Å². The van der Waals surface area contributed by atoms with Crippen molar-refractivity contribution in [3.05, 3.63) is 30.3 Å². The van der Waals surface area contributed by atoms with E-state index in [0.717, 1.165) is 44.9 Å². The topological polar surface area (TPSA) is 93.4 Å². The first-order valence-corrected chi connectivity index (χ1v) is 19.8. The molecule has 3 fully saturated rings. The maximum Gasteiger partial charge on any atom is 0.162 e. The lowest BCUT2D eigenvalue weighted by molar-refractivity contribution is -0.204. The number of ether oxygens (including phenoxy) is 1. The molecule has 3 saturated carbocycles. The molecule has 12 atom stereocenters. The summed E-state index contributed by atoms with van der Waals surface area (Å²) in [6.07, 6.45) is 10.3. The number of fused-ring (bicyclic) bond motifs is 5. The van der Waals surface area contributed by atoms with E-state index in [4.69, 9.17) is 4.74 Å². The number of hydrogen-bond donors (Lipinski definition) is 1. The first-order valence-electron chi connectivity index (χ1n) is 19.8. The van der Waals surface area contributed by atoms with Gasteiger partial charge < -0.3 is 14.7 Å². The second kappa shape index (κ2) is 13.1. The van der Waals surface area contributed by atoms with Gasteiger partial charge in [0.15, 0.2) is 12.1 Å². The molecular weight excluding hydrogens is 622 g/mol. The second-order valence-electron chi connectivity index (χ2n) is 19.3. The molecule has 282 valence electrons. The standard InChI is InChI=1S/C42H71N5O3/c1-16-37(9)33-19-18-30-31(22-34(49)41(13)35(29(8)48)38(10,28(7)26(3)4)20-21-39(30,41)11)42(33,17-2)23-32(47-44-25-43-45-47)36(37)50-24-40(12,27(5)6)46(14)15/h22,25-28,30,32-33,35-36,48H,8,16-21,23-24H2,1-7,9-15H3/t28-,30+,32-,33+,35-,36+,37?,38-,39-,40?,41+,42-/m1/s1. The molecule has 2 unspecified atom stereocenters. The summed E-state index contributed by atoms with van der Waals surface area (Å²) in [5.74, 6) is 1.77. The van der Waals surface area contributed by atoms with Crippen LogP contribution >= 0.6 is 0 Å². The summed E-state index contributed by atoms with van der Waals surface area (Å²) in [5, 5.41) is 24.9. The van der Waals surface area contributed by atoms with E-state index in [2.05, 4.69) is 130 Å². The van der Waals surface area contributed by atoms with Gasteiger partial charge in [-0.1, -0.05) is 88.3 Å². The molecule has 0 aliphatic heterocycles. The summed E-state index contributed by atoms with van der Waals surface area (Å²) in [6, 6.07) is -0.125. The second-order valence-corrected chi connectivity index (χ2v) is 19.3. The Morgan fingerprint density at radius 2 is 1.76 bits per heavy atom. The lowest BCUT2D eigenvalue weighted by atomic mass is 9.33. The summed E-state index contributed by atoms with van der Waals surface area (Å²) in [7, 11) is 4.30. The van der Waals surface area contributed by atoms with Crippen LogP contribution in [0.1, 0.15) is 134 Å². The van der Waals surface area contributed by atoms with Crippen LogP contribution in [0.5, 0.6) is 0 Å². The third-order valence-electron chi connectivity index (χ3n) is 17.2. The van der Waals surface area contributed by atoms with Crippen molar-refractivity contribution >= 4 is 5.78 Å². The predicted octanol–water partition coefficient (Wildman–Crippen LogP) is 9.12. The smallest absolute Gasteiger partial charge is 0.162 e. The van der Waals surface area contributed by atoms with E-state index in [0.29, 0.717) is 30.3 Å². The number of carbonyl (C=O) groups is 1. The molecular formula is C42H71N5O3. The minimum absolute atomic E-state index is 0.114. The van der Waals surface area contributed by atoms with E-state index in [-0.39, 0.29) is 62.7 Å². The van der Waals surface area contributed by atoms with Gasteiger partial charge in [-0.3, -0.25) is 4.79 Å². The molecule has 4 aliphatic carbocycles. The van der Waals surface area contributed by atoms with Crippen LogP contribution in [-0.4, -0.2) is 68.3 Å². The number of rotatable bonds is 11. The normalized spacial score (nSPS) is 42.1. The zero-order valence-corrected chi connectivity index (χ0v) is 34.1. The van der Waals surface area contributed by atoms with Crippen molar-refractivity contribution < 1.29 is 14.6 Å². The summed E-state index contributed by atoms with van der Waals surface area (Å²) in [4.78, 5) is 19.3. The van der Waals surface area contributed by atoms with E-state index in [9.17, 15) is 5.11 Å². The van der Waals surface area contributed by atoms with E-state index >= 15 is 4.79 Å². The van der Waals surface area contributed by atoms with Crippen molar-refractivity contribution in [3.63, 3.8) is 0 Å². The highest BCUT2D eigenvalue weighted by molar-refractivity contribution is 5.98. The third kappa shape index (κ3) is 5.25.